The van der Waals surface area contributed by atoms with Crippen molar-refractivity contribution in [3.05, 3.63) is 88.0 Å². The molecule has 35 heavy (non-hydrogen) atoms. The topological polar surface area (TPSA) is 54.7 Å². The Morgan fingerprint density at radius 3 is 2.34 bits per heavy atom. The van der Waals surface area contributed by atoms with Crippen molar-refractivity contribution in [1.82, 2.24) is 9.47 Å². The molecule has 4 rings (SSSR count). The number of phenols is 1. The largest absolute Gasteiger partial charge is 0.506 e. The van der Waals surface area contributed by atoms with E-state index in [0.29, 0.717) is 23.4 Å². The number of para-hydroxylation sites is 1. The molecule has 0 saturated heterocycles. The first-order valence-electron chi connectivity index (χ1n) is 11.5. The fourth-order valence-corrected chi connectivity index (χ4v) is 5.72. The number of fused-ring (bicyclic) bond motifs is 1. The van der Waals surface area contributed by atoms with Gasteiger partial charge in [-0.05, 0) is 72.8 Å². The lowest BCUT2D eigenvalue weighted by molar-refractivity contribution is -0.142. The van der Waals surface area contributed by atoms with Gasteiger partial charge in [0.25, 0.3) is 0 Å². The molecule has 0 aliphatic rings. The quantitative estimate of drug-likeness (QED) is 0.188. The Hall–Kier alpha value is -2.74. The lowest BCUT2D eigenvalue weighted by Crippen LogP contribution is -2.12. The monoisotopic (exact) mass is 552 g/mol. The molecule has 0 unspecified atom stereocenters. The van der Waals surface area contributed by atoms with E-state index in [1.807, 2.05) is 68.4 Å². The van der Waals surface area contributed by atoms with Crippen molar-refractivity contribution in [2.24, 2.45) is 0 Å². The predicted octanol–water partition coefficient (Wildman–Crippen LogP) is 6.56. The zero-order valence-corrected chi connectivity index (χ0v) is 22.5. The second kappa shape index (κ2) is 11.3. The van der Waals surface area contributed by atoms with E-state index in [0.717, 1.165) is 38.3 Å². The Labute approximate surface area is 218 Å². The molecule has 1 N–H and O–H groups in total. The van der Waals surface area contributed by atoms with Crippen molar-refractivity contribution in [3.8, 4) is 11.4 Å². The first kappa shape index (κ1) is 25.4. The van der Waals surface area contributed by atoms with Gasteiger partial charge in [0.1, 0.15) is 5.75 Å². The molecule has 5 nitrogen and oxygen atoms in total. The summed E-state index contributed by atoms with van der Waals surface area (Å²) in [6.45, 7) is 2.70. The van der Waals surface area contributed by atoms with Gasteiger partial charge in [-0.25, -0.2) is 0 Å². The van der Waals surface area contributed by atoms with Gasteiger partial charge in [-0.1, -0.05) is 36.4 Å². The van der Waals surface area contributed by atoms with Gasteiger partial charge in [0.05, 0.1) is 23.0 Å². The maximum atomic E-state index is 12.7. The Bertz CT molecular complexity index is 1320. The summed E-state index contributed by atoms with van der Waals surface area (Å²) < 4.78 is 8.16. The lowest BCUT2D eigenvalue weighted by Gasteiger charge is -2.17. The fraction of sp³-hybridized carbons (Fsp3) is 0.250. The summed E-state index contributed by atoms with van der Waals surface area (Å²) in [6, 6.07) is 22.3. The number of hydrogen-bond donors (Lipinski definition) is 1. The molecule has 0 saturated carbocycles. The molecule has 0 aliphatic heterocycles. The highest BCUT2D eigenvalue weighted by Crippen LogP contribution is 2.42. The number of benzene rings is 3. The highest BCUT2D eigenvalue weighted by Gasteiger charge is 2.26. The van der Waals surface area contributed by atoms with Crippen LogP contribution in [0, 0.1) is 0 Å². The van der Waals surface area contributed by atoms with Crippen molar-refractivity contribution in [2.45, 2.75) is 30.5 Å². The van der Waals surface area contributed by atoms with Crippen molar-refractivity contribution in [3.63, 3.8) is 0 Å². The van der Waals surface area contributed by atoms with Gasteiger partial charge in [-0.15, -0.1) is 11.8 Å². The molecule has 0 atom stereocenters. The van der Waals surface area contributed by atoms with Crippen LogP contribution in [-0.4, -0.2) is 41.2 Å². The highest BCUT2D eigenvalue weighted by atomic mass is 79.9. The Morgan fingerprint density at radius 1 is 1.06 bits per heavy atom. The van der Waals surface area contributed by atoms with Crippen LogP contribution in [0.2, 0.25) is 0 Å². The second-order valence-corrected chi connectivity index (χ2v) is 10.4. The van der Waals surface area contributed by atoms with Crippen LogP contribution in [0.4, 0.5) is 0 Å². The van der Waals surface area contributed by atoms with E-state index >= 15 is 0 Å². The van der Waals surface area contributed by atoms with Crippen LogP contribution in [0.1, 0.15) is 23.7 Å². The van der Waals surface area contributed by atoms with Gasteiger partial charge in [-0.2, -0.15) is 0 Å². The SMILES string of the molecule is CCOC(=O)Cc1c(CSc2ccccc2)n(-c2ccccc2)c2c(CN(C)C)c(O)c(Br)cc12. The van der Waals surface area contributed by atoms with Crippen LogP contribution in [0.3, 0.4) is 0 Å². The van der Waals surface area contributed by atoms with Gasteiger partial charge in [0.2, 0.25) is 0 Å². The zero-order chi connectivity index (χ0) is 24.9. The average Bonchev–Trinajstić information content (AvgIpc) is 3.14. The maximum absolute atomic E-state index is 12.7. The summed E-state index contributed by atoms with van der Waals surface area (Å²) in [5.74, 6) is 0.608. The molecule has 1 heterocycles. The van der Waals surface area contributed by atoms with Gasteiger partial charge in [0.15, 0.2) is 0 Å². The van der Waals surface area contributed by atoms with Crippen molar-refractivity contribution >= 4 is 44.6 Å². The van der Waals surface area contributed by atoms with Crippen LogP contribution in [0.15, 0.2) is 76.1 Å². The smallest absolute Gasteiger partial charge is 0.310 e. The third-order valence-electron chi connectivity index (χ3n) is 5.73. The van der Waals surface area contributed by atoms with Crippen LogP contribution in [0.5, 0.6) is 5.75 Å². The number of thioether (sulfide) groups is 1. The zero-order valence-electron chi connectivity index (χ0n) is 20.1. The molecule has 0 spiro atoms. The molecule has 0 radical (unpaired) electrons. The molecule has 1 aromatic heterocycles. The predicted molar refractivity (Wildman–Crippen MR) is 146 cm³/mol. The van der Waals surface area contributed by atoms with Crippen LogP contribution < -0.4 is 0 Å². The molecule has 0 aliphatic carbocycles. The molecule has 0 bridgehead atoms. The van der Waals surface area contributed by atoms with E-state index in [-0.39, 0.29) is 18.1 Å². The Kier molecular flexibility index (Phi) is 8.21. The lowest BCUT2D eigenvalue weighted by atomic mass is 10.0. The first-order chi connectivity index (χ1) is 16.9. The molecule has 3 aromatic carbocycles. The van der Waals surface area contributed by atoms with E-state index in [4.69, 9.17) is 4.74 Å². The number of aromatic hydroxyl groups is 1. The summed E-state index contributed by atoms with van der Waals surface area (Å²) >= 11 is 5.28. The summed E-state index contributed by atoms with van der Waals surface area (Å²) in [5, 5.41) is 12.0. The van der Waals surface area contributed by atoms with Crippen molar-refractivity contribution < 1.29 is 14.6 Å². The maximum Gasteiger partial charge on any atom is 0.310 e. The molecule has 7 heteroatoms. The first-order valence-corrected chi connectivity index (χ1v) is 13.3. The molecule has 0 fully saturated rings. The molecular weight excluding hydrogens is 524 g/mol. The van der Waals surface area contributed by atoms with Crippen LogP contribution in [-0.2, 0) is 28.2 Å². The summed E-state index contributed by atoms with van der Waals surface area (Å²) in [4.78, 5) is 15.9. The van der Waals surface area contributed by atoms with Crippen molar-refractivity contribution in [1.29, 1.82) is 0 Å². The fourth-order valence-electron chi connectivity index (χ4n) is 4.29. The summed E-state index contributed by atoms with van der Waals surface area (Å²) in [5.41, 5.74) is 4.65. The van der Waals surface area contributed by atoms with Gasteiger partial charge in [-0.3, -0.25) is 4.79 Å². The number of rotatable bonds is 9. The number of aromatic nitrogens is 1. The number of carbonyl (C=O) groups excluding carboxylic acids is 1. The third kappa shape index (κ3) is 5.58. The number of esters is 1. The number of ether oxygens (including phenoxy) is 1. The minimum absolute atomic E-state index is 0.160. The number of nitrogens with zero attached hydrogens (tertiary/aromatic N) is 2. The molecule has 4 aromatic rings. The van der Waals surface area contributed by atoms with Crippen molar-refractivity contribution in [2.75, 3.05) is 20.7 Å². The molecule has 0 amide bonds. The highest BCUT2D eigenvalue weighted by molar-refractivity contribution is 9.10. The van der Waals surface area contributed by atoms with E-state index in [1.54, 1.807) is 11.8 Å². The van der Waals surface area contributed by atoms with Gasteiger partial charge >= 0.3 is 5.97 Å². The number of phenolic OH excluding ortho intramolecular Hbond substituents is 1. The number of halogens is 1. The van der Waals surface area contributed by atoms with Crippen LogP contribution >= 0.6 is 27.7 Å². The average molecular weight is 554 g/mol. The summed E-state index contributed by atoms with van der Waals surface area (Å²) in [7, 11) is 3.96. The second-order valence-electron chi connectivity index (χ2n) is 8.50. The minimum Gasteiger partial charge on any atom is -0.506 e. The van der Waals surface area contributed by atoms with Gasteiger partial charge in [0, 0.05) is 39.5 Å². The van der Waals surface area contributed by atoms with E-state index in [2.05, 4.69) is 44.8 Å². The van der Waals surface area contributed by atoms with E-state index in [9.17, 15) is 9.90 Å². The third-order valence-corrected chi connectivity index (χ3v) is 7.35. The minimum atomic E-state index is -0.260. The number of carbonyl (C=O) groups is 1. The standard InChI is InChI=1S/C28H29BrN2O3S/c1-4-34-26(32)16-21-22-15-24(29)28(33)23(17-30(2)3)27(22)31(19-11-7-5-8-12-19)25(21)18-35-20-13-9-6-10-14-20/h5-15,33H,4,16-18H2,1-3H3. The number of hydrogen-bond acceptors (Lipinski definition) is 5. The van der Waals surface area contributed by atoms with Gasteiger partial charge < -0.3 is 19.3 Å². The molecular formula is C28H29BrN2O3S. The summed E-state index contributed by atoms with van der Waals surface area (Å²) in [6.07, 6.45) is 0.160. The Balaban J connectivity index is 2.02. The Morgan fingerprint density at radius 2 is 1.71 bits per heavy atom. The van der Waals surface area contributed by atoms with Crippen LogP contribution in [0.25, 0.3) is 16.6 Å². The normalized spacial score (nSPS) is 11.3. The van der Waals surface area contributed by atoms with E-state index in [1.165, 1.54) is 0 Å². The molecule has 182 valence electrons. The van der Waals surface area contributed by atoms with E-state index < -0.39 is 0 Å².